The average Bonchev–Trinajstić information content (AvgIpc) is 2.56. The number of hydrogen-bond acceptors (Lipinski definition) is 4. The Hall–Kier alpha value is -2.33. The maximum atomic E-state index is 6.24. The highest BCUT2D eigenvalue weighted by Crippen LogP contribution is 2.33. The summed E-state index contributed by atoms with van der Waals surface area (Å²) in [5.74, 6) is 0.654. The van der Waals surface area contributed by atoms with Gasteiger partial charge in [-0.1, -0.05) is 42.5 Å². The Morgan fingerprint density at radius 2 is 1.87 bits per heavy atom. The van der Waals surface area contributed by atoms with E-state index in [1.54, 1.807) is 0 Å². The van der Waals surface area contributed by atoms with E-state index in [-0.39, 0.29) is 5.66 Å². The summed E-state index contributed by atoms with van der Waals surface area (Å²) in [6, 6.07) is 18.8. The van der Waals surface area contributed by atoms with E-state index in [1.807, 2.05) is 18.2 Å². The molecule has 2 aliphatic heterocycles. The van der Waals surface area contributed by atoms with Crippen molar-refractivity contribution in [2.75, 3.05) is 18.4 Å². The minimum atomic E-state index is -0.286. The number of rotatable bonds is 2. The van der Waals surface area contributed by atoms with Crippen LogP contribution in [0.4, 0.5) is 5.69 Å². The Bertz CT molecular complexity index is 725. The highest BCUT2D eigenvalue weighted by Gasteiger charge is 2.38. The number of piperidine rings is 1. The van der Waals surface area contributed by atoms with Gasteiger partial charge in [-0.05, 0) is 37.1 Å². The largest absolute Gasteiger partial charge is 0.383 e. The summed E-state index contributed by atoms with van der Waals surface area (Å²) in [5.41, 5.74) is 9.41. The van der Waals surface area contributed by atoms with Crippen molar-refractivity contribution in [3.8, 4) is 0 Å². The molecule has 3 N–H and O–H groups in total. The number of likely N-dealkylation sites (tertiary alicyclic amines) is 1. The van der Waals surface area contributed by atoms with Crippen LogP contribution in [-0.4, -0.2) is 29.5 Å². The summed E-state index contributed by atoms with van der Waals surface area (Å²) in [7, 11) is 0. The van der Waals surface area contributed by atoms with E-state index >= 15 is 0 Å². The lowest BCUT2D eigenvalue weighted by Gasteiger charge is -2.43. The Morgan fingerprint density at radius 3 is 2.74 bits per heavy atom. The number of nitrogens with two attached hydrogens (primary N) is 1. The van der Waals surface area contributed by atoms with Crippen LogP contribution in [0.3, 0.4) is 0 Å². The molecule has 1 unspecified atom stereocenters. The zero-order valence-corrected chi connectivity index (χ0v) is 13.2. The van der Waals surface area contributed by atoms with Crippen molar-refractivity contribution in [2.24, 2.45) is 10.7 Å². The van der Waals surface area contributed by atoms with Gasteiger partial charge < -0.3 is 11.1 Å². The van der Waals surface area contributed by atoms with Crippen molar-refractivity contribution in [1.82, 2.24) is 4.90 Å². The lowest BCUT2D eigenvalue weighted by molar-refractivity contribution is 0.159. The number of nitrogens with zero attached hydrogens (tertiary/aromatic N) is 2. The van der Waals surface area contributed by atoms with E-state index in [4.69, 9.17) is 10.7 Å². The van der Waals surface area contributed by atoms with Crippen LogP contribution in [0.15, 0.2) is 59.6 Å². The smallest absolute Gasteiger partial charge is 0.144 e. The van der Waals surface area contributed by atoms with Gasteiger partial charge in [0, 0.05) is 24.3 Å². The predicted molar refractivity (Wildman–Crippen MR) is 94.5 cm³/mol. The van der Waals surface area contributed by atoms with Crippen molar-refractivity contribution in [3.63, 3.8) is 0 Å². The van der Waals surface area contributed by atoms with Crippen LogP contribution in [0, 0.1) is 0 Å². The van der Waals surface area contributed by atoms with Crippen molar-refractivity contribution in [1.29, 1.82) is 0 Å². The maximum absolute atomic E-state index is 6.24. The second-order valence-electron chi connectivity index (χ2n) is 6.50. The van der Waals surface area contributed by atoms with Gasteiger partial charge in [0.2, 0.25) is 0 Å². The number of amidine groups is 1. The number of para-hydroxylation sites is 1. The van der Waals surface area contributed by atoms with Gasteiger partial charge in [0.1, 0.15) is 11.5 Å². The third-order valence-corrected chi connectivity index (χ3v) is 4.70. The van der Waals surface area contributed by atoms with Gasteiger partial charge in [0.15, 0.2) is 0 Å². The Kier molecular flexibility index (Phi) is 3.54. The molecule has 4 heteroatoms. The first-order valence-electron chi connectivity index (χ1n) is 8.23. The van der Waals surface area contributed by atoms with E-state index in [1.165, 1.54) is 5.56 Å². The highest BCUT2D eigenvalue weighted by atomic mass is 15.3. The van der Waals surface area contributed by atoms with Gasteiger partial charge in [-0.2, -0.15) is 0 Å². The molecule has 0 amide bonds. The Labute approximate surface area is 137 Å². The van der Waals surface area contributed by atoms with Gasteiger partial charge in [-0.15, -0.1) is 0 Å². The number of nitrogens with one attached hydrogen (secondary N) is 1. The maximum Gasteiger partial charge on any atom is 0.144 e. The summed E-state index contributed by atoms with van der Waals surface area (Å²) in [6.45, 7) is 2.95. The molecule has 0 aliphatic carbocycles. The van der Waals surface area contributed by atoms with Crippen molar-refractivity contribution in [3.05, 3.63) is 65.7 Å². The van der Waals surface area contributed by atoms with E-state index < -0.39 is 0 Å². The van der Waals surface area contributed by atoms with Crippen LogP contribution in [0.25, 0.3) is 0 Å². The zero-order chi connectivity index (χ0) is 15.7. The molecule has 0 radical (unpaired) electrons. The number of anilines is 1. The molecule has 2 aromatic rings. The number of hydrogen-bond donors (Lipinski definition) is 2. The van der Waals surface area contributed by atoms with E-state index in [9.17, 15) is 0 Å². The Balaban J connectivity index is 1.57. The number of aliphatic imine (C=N–C) groups is 1. The van der Waals surface area contributed by atoms with E-state index in [0.717, 1.165) is 43.7 Å². The molecule has 4 nitrogen and oxygen atoms in total. The highest BCUT2D eigenvalue weighted by molar-refractivity contribution is 6.04. The van der Waals surface area contributed by atoms with Crippen LogP contribution in [0.1, 0.15) is 24.0 Å². The quantitative estimate of drug-likeness (QED) is 0.897. The van der Waals surface area contributed by atoms with Gasteiger partial charge in [-0.3, -0.25) is 4.90 Å². The fourth-order valence-electron chi connectivity index (χ4n) is 3.68. The standard InChI is InChI=1S/C19H22N4/c20-18-16-9-4-5-10-17(16)21-19(22-18)11-6-12-23(14-19)13-15-7-2-1-3-8-15/h1-5,7-10,21H,6,11-14H2,(H2,20,22). The van der Waals surface area contributed by atoms with Crippen LogP contribution >= 0.6 is 0 Å². The van der Waals surface area contributed by atoms with Gasteiger partial charge in [0.05, 0.1) is 0 Å². The van der Waals surface area contributed by atoms with Crippen LogP contribution in [0.5, 0.6) is 0 Å². The third kappa shape index (κ3) is 2.82. The molecule has 23 heavy (non-hydrogen) atoms. The topological polar surface area (TPSA) is 53.6 Å². The monoisotopic (exact) mass is 306 g/mol. The molecule has 0 saturated carbocycles. The SMILES string of the molecule is NC1=NC2(CCCN(Cc3ccccc3)C2)Nc2ccccc21. The molecule has 0 aromatic heterocycles. The van der Waals surface area contributed by atoms with E-state index in [2.05, 4.69) is 46.6 Å². The number of fused-ring (bicyclic) bond motifs is 1. The normalized spacial score (nSPS) is 23.9. The first kappa shape index (κ1) is 14.3. The molecule has 2 aliphatic rings. The average molecular weight is 306 g/mol. The molecule has 1 fully saturated rings. The fraction of sp³-hybridized carbons (Fsp3) is 0.316. The summed E-state index contributed by atoms with van der Waals surface area (Å²) in [6.07, 6.45) is 2.14. The summed E-state index contributed by atoms with van der Waals surface area (Å²) >= 11 is 0. The summed E-state index contributed by atoms with van der Waals surface area (Å²) in [4.78, 5) is 7.32. The molecule has 118 valence electrons. The first-order valence-corrected chi connectivity index (χ1v) is 8.23. The van der Waals surface area contributed by atoms with Gasteiger partial charge in [0.25, 0.3) is 0 Å². The zero-order valence-electron chi connectivity index (χ0n) is 13.2. The third-order valence-electron chi connectivity index (χ3n) is 4.70. The van der Waals surface area contributed by atoms with E-state index in [0.29, 0.717) is 5.84 Å². The minimum absolute atomic E-state index is 0.286. The molecular formula is C19H22N4. The van der Waals surface area contributed by atoms with Gasteiger partial charge >= 0.3 is 0 Å². The lowest BCUT2D eigenvalue weighted by atomic mass is 9.94. The van der Waals surface area contributed by atoms with Gasteiger partial charge in [-0.25, -0.2) is 4.99 Å². The minimum Gasteiger partial charge on any atom is -0.383 e. The lowest BCUT2D eigenvalue weighted by Crippen LogP contribution is -2.54. The van der Waals surface area contributed by atoms with Crippen LogP contribution in [0.2, 0.25) is 0 Å². The van der Waals surface area contributed by atoms with Crippen molar-refractivity contribution < 1.29 is 0 Å². The van der Waals surface area contributed by atoms with Crippen LogP contribution < -0.4 is 11.1 Å². The van der Waals surface area contributed by atoms with Crippen LogP contribution in [-0.2, 0) is 6.54 Å². The second-order valence-corrected chi connectivity index (χ2v) is 6.50. The fourth-order valence-corrected chi connectivity index (χ4v) is 3.68. The molecule has 2 aromatic carbocycles. The molecule has 4 rings (SSSR count). The molecule has 0 bridgehead atoms. The predicted octanol–water partition coefficient (Wildman–Crippen LogP) is 2.81. The summed E-state index contributed by atoms with van der Waals surface area (Å²) in [5, 5.41) is 3.65. The second kappa shape index (κ2) is 5.70. The first-order chi connectivity index (χ1) is 11.2. The molecular weight excluding hydrogens is 284 g/mol. The Morgan fingerprint density at radius 1 is 1.09 bits per heavy atom. The molecule has 1 spiro atoms. The number of benzene rings is 2. The molecule has 1 atom stereocenters. The van der Waals surface area contributed by atoms with Crippen molar-refractivity contribution in [2.45, 2.75) is 25.0 Å². The molecule has 2 heterocycles. The summed E-state index contributed by atoms with van der Waals surface area (Å²) < 4.78 is 0. The molecule has 1 saturated heterocycles. The van der Waals surface area contributed by atoms with Crippen molar-refractivity contribution >= 4 is 11.5 Å².